The zero-order chi connectivity index (χ0) is 22.6. The van der Waals surface area contributed by atoms with Gasteiger partial charge >= 0.3 is 0 Å². The number of nitrogens with zero attached hydrogens (tertiary/aromatic N) is 1. The van der Waals surface area contributed by atoms with Crippen molar-refractivity contribution in [3.63, 3.8) is 0 Å². The van der Waals surface area contributed by atoms with Gasteiger partial charge in [-0.3, -0.25) is 4.79 Å². The van der Waals surface area contributed by atoms with E-state index in [4.69, 9.17) is 0 Å². The number of amides is 1. The van der Waals surface area contributed by atoms with Gasteiger partial charge < -0.3 is 5.32 Å². The molecule has 0 saturated heterocycles. The van der Waals surface area contributed by atoms with Crippen LogP contribution in [0.15, 0.2) is 71.6 Å². The van der Waals surface area contributed by atoms with Gasteiger partial charge in [-0.1, -0.05) is 43.3 Å². The Hall–Kier alpha value is -3.03. The van der Waals surface area contributed by atoms with Gasteiger partial charge in [0.15, 0.2) is 0 Å². The number of sulfonamides is 1. The van der Waals surface area contributed by atoms with E-state index in [1.165, 1.54) is 10.4 Å². The van der Waals surface area contributed by atoms with Gasteiger partial charge in [-0.15, -0.1) is 0 Å². The second-order valence-electron chi connectivity index (χ2n) is 7.31. The Labute approximate surface area is 182 Å². The van der Waals surface area contributed by atoms with E-state index in [2.05, 4.69) is 5.32 Å². The zero-order valence-electron chi connectivity index (χ0n) is 17.7. The second-order valence-corrected chi connectivity index (χ2v) is 9.25. The van der Waals surface area contributed by atoms with Crippen LogP contribution in [0.4, 0.5) is 10.1 Å². The topological polar surface area (TPSA) is 66.5 Å². The Bertz CT molecular complexity index is 1190. The van der Waals surface area contributed by atoms with Gasteiger partial charge in [0.05, 0.1) is 10.5 Å². The number of anilines is 1. The number of aryl methyl sites for hydroxylation is 2. The van der Waals surface area contributed by atoms with Crippen molar-refractivity contribution < 1.29 is 17.6 Å². The fourth-order valence-electron chi connectivity index (χ4n) is 3.16. The Balaban J connectivity index is 1.89. The van der Waals surface area contributed by atoms with E-state index in [0.717, 1.165) is 28.8 Å². The first kappa shape index (κ1) is 22.7. The van der Waals surface area contributed by atoms with Crippen molar-refractivity contribution in [1.82, 2.24) is 4.31 Å². The molecular weight excluding hydrogens is 415 g/mol. The third kappa shape index (κ3) is 5.18. The van der Waals surface area contributed by atoms with Crippen LogP contribution in [0.2, 0.25) is 0 Å². The number of carbonyl (C=O) groups is 1. The minimum absolute atomic E-state index is 0.128. The van der Waals surface area contributed by atoms with Crippen molar-refractivity contribution in [1.29, 1.82) is 0 Å². The molecule has 0 aliphatic carbocycles. The Kier molecular flexibility index (Phi) is 6.87. The van der Waals surface area contributed by atoms with E-state index in [0.29, 0.717) is 5.69 Å². The molecule has 5 nitrogen and oxygen atoms in total. The predicted octanol–water partition coefficient (Wildman–Crippen LogP) is 4.91. The minimum Gasteiger partial charge on any atom is -0.322 e. The molecule has 0 aliphatic heterocycles. The highest BCUT2D eigenvalue weighted by molar-refractivity contribution is 7.89. The summed E-state index contributed by atoms with van der Waals surface area (Å²) < 4.78 is 42.0. The lowest BCUT2D eigenvalue weighted by molar-refractivity contribution is 0.102. The van der Waals surface area contributed by atoms with E-state index >= 15 is 0 Å². The highest BCUT2D eigenvalue weighted by atomic mass is 32.2. The van der Waals surface area contributed by atoms with Crippen LogP contribution in [0.3, 0.4) is 0 Å². The summed E-state index contributed by atoms with van der Waals surface area (Å²) in [5.41, 5.74) is 3.07. The molecule has 162 valence electrons. The molecule has 0 unspecified atom stereocenters. The van der Waals surface area contributed by atoms with Gasteiger partial charge in [-0.2, -0.15) is 4.31 Å². The van der Waals surface area contributed by atoms with Crippen molar-refractivity contribution >= 4 is 21.6 Å². The summed E-state index contributed by atoms with van der Waals surface area (Å²) in [5.74, 6) is -1.49. The summed E-state index contributed by atoms with van der Waals surface area (Å²) in [6.07, 6.45) is 0. The van der Waals surface area contributed by atoms with E-state index < -0.39 is 21.7 Å². The molecule has 3 aromatic rings. The van der Waals surface area contributed by atoms with Crippen LogP contribution in [0.25, 0.3) is 0 Å². The highest BCUT2D eigenvalue weighted by Crippen LogP contribution is 2.22. The molecule has 0 aliphatic rings. The lowest BCUT2D eigenvalue weighted by Crippen LogP contribution is -2.30. The third-order valence-electron chi connectivity index (χ3n) is 5.14. The fourth-order valence-corrected chi connectivity index (χ4v) is 4.62. The smallest absolute Gasteiger partial charge is 0.258 e. The minimum atomic E-state index is -3.92. The summed E-state index contributed by atoms with van der Waals surface area (Å²) in [4.78, 5) is 12.6. The van der Waals surface area contributed by atoms with E-state index in [1.54, 1.807) is 19.1 Å². The Morgan fingerprint density at radius 2 is 1.68 bits per heavy atom. The maximum absolute atomic E-state index is 14.4. The molecule has 0 atom stereocenters. The van der Waals surface area contributed by atoms with Crippen LogP contribution in [0, 0.1) is 19.7 Å². The molecule has 3 aromatic carbocycles. The number of carbonyl (C=O) groups excluding carboxylic acids is 1. The van der Waals surface area contributed by atoms with Gasteiger partial charge in [0.1, 0.15) is 5.82 Å². The number of hydrogen-bond donors (Lipinski definition) is 1. The first-order valence-corrected chi connectivity index (χ1v) is 11.4. The zero-order valence-corrected chi connectivity index (χ0v) is 18.5. The van der Waals surface area contributed by atoms with Crippen molar-refractivity contribution in [3.05, 3.63) is 94.8 Å². The Morgan fingerprint density at radius 3 is 2.32 bits per heavy atom. The average molecular weight is 441 g/mol. The highest BCUT2D eigenvalue weighted by Gasteiger charge is 2.25. The van der Waals surface area contributed by atoms with Crippen LogP contribution in [0.1, 0.15) is 34.0 Å². The van der Waals surface area contributed by atoms with Crippen LogP contribution >= 0.6 is 0 Å². The van der Waals surface area contributed by atoms with Gasteiger partial charge in [-0.25, -0.2) is 12.8 Å². The molecule has 0 fully saturated rings. The van der Waals surface area contributed by atoms with Crippen LogP contribution in [-0.2, 0) is 16.6 Å². The molecule has 7 heteroatoms. The largest absolute Gasteiger partial charge is 0.322 e. The molecule has 0 aromatic heterocycles. The molecule has 31 heavy (non-hydrogen) atoms. The summed E-state index contributed by atoms with van der Waals surface area (Å²) >= 11 is 0. The monoisotopic (exact) mass is 440 g/mol. The number of benzene rings is 3. The van der Waals surface area contributed by atoms with Gasteiger partial charge in [0.25, 0.3) is 5.91 Å². The Morgan fingerprint density at radius 1 is 0.968 bits per heavy atom. The molecule has 0 heterocycles. The average Bonchev–Trinajstić information content (AvgIpc) is 2.75. The standard InChI is InChI=1S/C24H25FN2O3S/c1-4-27(16-19-8-6-5-7-9-19)31(29,30)21-12-13-23(25)22(15-21)24(28)26-20-11-10-17(2)18(3)14-20/h5-15H,4,16H2,1-3H3,(H,26,28). The molecule has 0 saturated carbocycles. The molecule has 0 spiro atoms. The second kappa shape index (κ2) is 9.41. The molecule has 0 bridgehead atoms. The SMILES string of the molecule is CCN(Cc1ccccc1)S(=O)(=O)c1ccc(F)c(C(=O)Nc2ccc(C)c(C)c2)c1. The third-order valence-corrected chi connectivity index (χ3v) is 7.06. The number of nitrogens with one attached hydrogen (secondary N) is 1. The van der Waals surface area contributed by atoms with E-state index in [-0.39, 0.29) is 23.5 Å². The lowest BCUT2D eigenvalue weighted by Gasteiger charge is -2.21. The van der Waals surface area contributed by atoms with Crippen LogP contribution in [0.5, 0.6) is 0 Å². The van der Waals surface area contributed by atoms with Gasteiger partial charge in [0.2, 0.25) is 10.0 Å². The van der Waals surface area contributed by atoms with Crippen molar-refractivity contribution in [2.75, 3.05) is 11.9 Å². The maximum Gasteiger partial charge on any atom is 0.258 e. The first-order valence-electron chi connectivity index (χ1n) is 9.94. The summed E-state index contributed by atoms with van der Waals surface area (Å²) in [7, 11) is -3.92. The van der Waals surface area contributed by atoms with Crippen molar-refractivity contribution in [2.24, 2.45) is 0 Å². The van der Waals surface area contributed by atoms with E-state index in [1.807, 2.05) is 50.2 Å². The first-order chi connectivity index (χ1) is 14.7. The normalized spacial score (nSPS) is 11.5. The summed E-state index contributed by atoms with van der Waals surface area (Å²) in [6.45, 7) is 6.01. The number of halogens is 1. The maximum atomic E-state index is 14.4. The van der Waals surface area contributed by atoms with Crippen molar-refractivity contribution in [2.45, 2.75) is 32.2 Å². The molecular formula is C24H25FN2O3S. The molecule has 0 radical (unpaired) electrons. The fraction of sp³-hybridized carbons (Fsp3) is 0.208. The van der Waals surface area contributed by atoms with Gasteiger partial charge in [-0.05, 0) is 60.9 Å². The molecule has 1 N–H and O–H groups in total. The van der Waals surface area contributed by atoms with E-state index in [9.17, 15) is 17.6 Å². The summed E-state index contributed by atoms with van der Waals surface area (Å²) in [6, 6.07) is 17.8. The molecule has 1 amide bonds. The molecule has 3 rings (SSSR count). The summed E-state index contributed by atoms with van der Waals surface area (Å²) in [5, 5.41) is 2.64. The van der Waals surface area contributed by atoms with Crippen molar-refractivity contribution in [3.8, 4) is 0 Å². The predicted molar refractivity (Wildman–Crippen MR) is 120 cm³/mol. The van der Waals surface area contributed by atoms with Gasteiger partial charge in [0, 0.05) is 18.8 Å². The van der Waals surface area contributed by atoms with Crippen LogP contribution < -0.4 is 5.32 Å². The number of hydrogen-bond acceptors (Lipinski definition) is 3. The number of rotatable bonds is 7. The van der Waals surface area contributed by atoms with Crippen LogP contribution in [-0.4, -0.2) is 25.2 Å². The quantitative estimate of drug-likeness (QED) is 0.568. The lowest BCUT2D eigenvalue weighted by atomic mass is 10.1.